The van der Waals surface area contributed by atoms with Gasteiger partial charge in [0.05, 0.1) is 20.7 Å². The topological polar surface area (TPSA) is 49.3 Å². The minimum atomic E-state index is -1.09. The number of rotatable bonds is 5. The molecule has 0 aliphatic heterocycles. The number of benzene rings is 1. The van der Waals surface area contributed by atoms with Gasteiger partial charge in [-0.1, -0.05) is 43.1 Å². The number of aromatic hydroxyl groups is 1. The molecule has 0 bridgehead atoms. The smallest absolute Gasteiger partial charge is 0.134 e. The lowest BCUT2D eigenvalue weighted by molar-refractivity contribution is 0.240. The summed E-state index contributed by atoms with van der Waals surface area (Å²) >= 11 is 6.76. The number of halogens is 2. The zero-order valence-corrected chi connectivity index (χ0v) is 17.8. The summed E-state index contributed by atoms with van der Waals surface area (Å²) in [4.78, 5) is 0. The van der Waals surface area contributed by atoms with Crippen LogP contribution < -0.4 is 4.72 Å². The van der Waals surface area contributed by atoms with E-state index in [0.29, 0.717) is 28.8 Å². The van der Waals surface area contributed by atoms with Crippen LogP contribution in [0.5, 0.6) is 5.75 Å². The average molecular weight is 467 g/mol. The van der Waals surface area contributed by atoms with Gasteiger partial charge in [0.15, 0.2) is 0 Å². The number of phenols is 1. The lowest BCUT2D eigenvalue weighted by atomic mass is 9.77. The van der Waals surface area contributed by atoms with E-state index in [1.807, 2.05) is 6.07 Å². The van der Waals surface area contributed by atoms with E-state index in [4.69, 9.17) is 0 Å². The maximum Gasteiger partial charge on any atom is 0.134 e. The molecule has 6 heteroatoms. The molecular formula is C17H25Br2NO2S. The summed E-state index contributed by atoms with van der Waals surface area (Å²) in [7, 11) is -1.09. The fourth-order valence-electron chi connectivity index (χ4n) is 3.37. The Morgan fingerprint density at radius 1 is 1.35 bits per heavy atom. The second-order valence-corrected chi connectivity index (χ2v) is 10.1. The standard InChI is InChI=1S/C17H25Br2NO2S/c1-10(2)14-5-4-11(3)6-16(14)23(22)20-9-12-7-13(18)8-15(19)17(12)21/h7-8,10-11,14,16,20-21H,4-6,9H2,1-3H3/t11-,14+,16+,23+/m1/s1. The Bertz CT molecular complexity index is 580. The minimum absolute atomic E-state index is 0.191. The summed E-state index contributed by atoms with van der Waals surface area (Å²) < 4.78 is 17.5. The fourth-order valence-corrected chi connectivity index (χ4v) is 6.47. The van der Waals surface area contributed by atoms with E-state index < -0.39 is 11.0 Å². The van der Waals surface area contributed by atoms with Crippen LogP contribution in [0, 0.1) is 17.8 Å². The second-order valence-electron chi connectivity index (χ2n) is 6.88. The number of hydrogen-bond acceptors (Lipinski definition) is 2. The Labute approximate surface area is 158 Å². The third kappa shape index (κ3) is 5.03. The normalized spacial score (nSPS) is 26.4. The van der Waals surface area contributed by atoms with Crippen molar-refractivity contribution < 1.29 is 9.32 Å². The molecule has 0 heterocycles. The molecular weight excluding hydrogens is 442 g/mol. The van der Waals surface area contributed by atoms with Gasteiger partial charge in [0.25, 0.3) is 0 Å². The highest BCUT2D eigenvalue weighted by Gasteiger charge is 2.34. The van der Waals surface area contributed by atoms with Crippen molar-refractivity contribution >= 4 is 42.8 Å². The van der Waals surface area contributed by atoms with E-state index in [2.05, 4.69) is 57.4 Å². The van der Waals surface area contributed by atoms with Crippen molar-refractivity contribution in [3.63, 3.8) is 0 Å². The van der Waals surface area contributed by atoms with Gasteiger partial charge in [-0.05, 0) is 58.7 Å². The van der Waals surface area contributed by atoms with Gasteiger partial charge >= 0.3 is 0 Å². The molecule has 2 rings (SSSR count). The Kier molecular flexibility index (Phi) is 7.14. The molecule has 1 aliphatic carbocycles. The molecule has 1 fully saturated rings. The molecule has 0 spiro atoms. The summed E-state index contributed by atoms with van der Waals surface area (Å²) in [6.45, 7) is 7.09. The summed E-state index contributed by atoms with van der Waals surface area (Å²) in [6.07, 6.45) is 3.40. The highest BCUT2D eigenvalue weighted by atomic mass is 79.9. The third-order valence-electron chi connectivity index (χ3n) is 4.75. The van der Waals surface area contributed by atoms with E-state index in [0.717, 1.165) is 22.9 Å². The first-order valence-electron chi connectivity index (χ1n) is 8.10. The summed E-state index contributed by atoms with van der Waals surface area (Å²) in [6, 6.07) is 3.65. The molecule has 2 N–H and O–H groups in total. The lowest BCUT2D eigenvalue weighted by Crippen LogP contribution is -2.40. The first-order chi connectivity index (χ1) is 10.8. The van der Waals surface area contributed by atoms with Crippen molar-refractivity contribution in [2.75, 3.05) is 0 Å². The van der Waals surface area contributed by atoms with E-state index >= 15 is 0 Å². The predicted octanol–water partition coefficient (Wildman–Crippen LogP) is 5.13. The van der Waals surface area contributed by atoms with Crippen LogP contribution in [0.3, 0.4) is 0 Å². The quantitative estimate of drug-likeness (QED) is 0.631. The van der Waals surface area contributed by atoms with Crippen molar-refractivity contribution in [2.45, 2.75) is 51.8 Å². The van der Waals surface area contributed by atoms with Crippen molar-refractivity contribution in [1.29, 1.82) is 0 Å². The molecule has 130 valence electrons. The molecule has 0 aromatic heterocycles. The van der Waals surface area contributed by atoms with Gasteiger partial charge in [0.1, 0.15) is 5.75 Å². The Morgan fingerprint density at radius 3 is 2.70 bits per heavy atom. The van der Waals surface area contributed by atoms with Crippen LogP contribution in [0.1, 0.15) is 45.6 Å². The number of hydrogen-bond donors (Lipinski definition) is 2. The van der Waals surface area contributed by atoms with Gasteiger partial charge in [-0.15, -0.1) is 0 Å². The van der Waals surface area contributed by atoms with Crippen LogP contribution in [-0.4, -0.2) is 14.6 Å². The molecule has 1 saturated carbocycles. The molecule has 0 amide bonds. The Balaban J connectivity index is 2.06. The molecule has 1 aromatic rings. The van der Waals surface area contributed by atoms with Gasteiger partial charge < -0.3 is 5.11 Å². The van der Waals surface area contributed by atoms with Crippen LogP contribution in [0.25, 0.3) is 0 Å². The van der Waals surface area contributed by atoms with Crippen LogP contribution in [0.4, 0.5) is 0 Å². The van der Waals surface area contributed by atoms with Gasteiger partial charge in [-0.3, -0.25) is 0 Å². The fraction of sp³-hybridized carbons (Fsp3) is 0.647. The molecule has 23 heavy (non-hydrogen) atoms. The Morgan fingerprint density at radius 2 is 2.04 bits per heavy atom. The van der Waals surface area contributed by atoms with Crippen LogP contribution in [-0.2, 0) is 17.5 Å². The van der Waals surface area contributed by atoms with Gasteiger partial charge in [-0.25, -0.2) is 8.93 Å². The van der Waals surface area contributed by atoms with Gasteiger partial charge in [0.2, 0.25) is 0 Å². The lowest BCUT2D eigenvalue weighted by Gasteiger charge is -2.36. The SMILES string of the molecule is CC(C)[C@@H]1CC[C@@H](C)C[C@@H]1[S@](=O)NCc1cc(Br)cc(Br)c1O. The molecule has 0 unspecified atom stereocenters. The average Bonchev–Trinajstić information content (AvgIpc) is 2.48. The molecule has 1 aliphatic rings. The monoisotopic (exact) mass is 465 g/mol. The van der Waals surface area contributed by atoms with Gasteiger partial charge in [-0.2, -0.15) is 0 Å². The molecule has 0 radical (unpaired) electrons. The second kappa shape index (κ2) is 8.45. The van der Waals surface area contributed by atoms with E-state index in [1.54, 1.807) is 6.07 Å². The molecule has 1 aromatic carbocycles. The first-order valence-corrected chi connectivity index (χ1v) is 10.9. The molecule has 0 saturated heterocycles. The van der Waals surface area contributed by atoms with Crippen LogP contribution >= 0.6 is 31.9 Å². The highest BCUT2D eigenvalue weighted by Crippen LogP contribution is 2.36. The zero-order valence-electron chi connectivity index (χ0n) is 13.8. The third-order valence-corrected chi connectivity index (χ3v) is 7.33. The molecule has 3 nitrogen and oxygen atoms in total. The maximum absolute atomic E-state index is 12.8. The van der Waals surface area contributed by atoms with Crippen LogP contribution in [0.15, 0.2) is 21.1 Å². The van der Waals surface area contributed by atoms with Crippen molar-refractivity contribution in [3.05, 3.63) is 26.6 Å². The largest absolute Gasteiger partial charge is 0.506 e. The van der Waals surface area contributed by atoms with Crippen molar-refractivity contribution in [1.82, 2.24) is 4.72 Å². The number of nitrogens with one attached hydrogen (secondary N) is 1. The molecule has 4 atom stereocenters. The van der Waals surface area contributed by atoms with Gasteiger partial charge in [0, 0.05) is 16.6 Å². The highest BCUT2D eigenvalue weighted by molar-refractivity contribution is 9.11. The first kappa shape index (κ1) is 19.4. The summed E-state index contributed by atoms with van der Waals surface area (Å²) in [5, 5.41) is 10.3. The zero-order chi connectivity index (χ0) is 17.1. The van der Waals surface area contributed by atoms with Crippen molar-refractivity contribution in [2.24, 2.45) is 17.8 Å². The van der Waals surface area contributed by atoms with Crippen molar-refractivity contribution in [3.8, 4) is 5.75 Å². The summed E-state index contributed by atoms with van der Waals surface area (Å²) in [5.74, 6) is 1.89. The van der Waals surface area contributed by atoms with E-state index in [1.165, 1.54) is 6.42 Å². The minimum Gasteiger partial charge on any atom is -0.506 e. The maximum atomic E-state index is 12.8. The number of phenolic OH excluding ortho intramolecular Hbond substituents is 1. The van der Waals surface area contributed by atoms with Crippen LogP contribution in [0.2, 0.25) is 0 Å². The summed E-state index contributed by atoms with van der Waals surface area (Å²) in [5.41, 5.74) is 0.740. The van der Waals surface area contributed by atoms with E-state index in [-0.39, 0.29) is 11.0 Å². The van der Waals surface area contributed by atoms with E-state index in [9.17, 15) is 9.32 Å². The Hall–Kier alpha value is 0.0900. The predicted molar refractivity (Wildman–Crippen MR) is 104 cm³/mol.